The topological polar surface area (TPSA) is 102 Å². The van der Waals surface area contributed by atoms with E-state index >= 15 is 0 Å². The van der Waals surface area contributed by atoms with Crippen LogP contribution in [0.5, 0.6) is 0 Å². The highest BCUT2D eigenvalue weighted by Gasteiger charge is 2.34. The number of amides is 2. The van der Waals surface area contributed by atoms with E-state index in [1.807, 2.05) is 17.6 Å². The molecule has 0 unspecified atom stereocenters. The van der Waals surface area contributed by atoms with Gasteiger partial charge < -0.3 is 19.3 Å². The van der Waals surface area contributed by atoms with E-state index in [0.717, 1.165) is 30.1 Å². The summed E-state index contributed by atoms with van der Waals surface area (Å²) in [4.78, 5) is 18.9. The zero-order chi connectivity index (χ0) is 20.5. The standard InChI is InChI=1S/C19H22ClN7O2/c1-11-17(12(2)29-25-11)22-19(28)26-8-4-5-15(26)18-24-23-13(3)27(18)10-14-6-7-16(20)21-9-14/h6-7,9,15H,4-5,8,10H2,1-3H3,(H,22,28)/t15-/m1/s1. The Hall–Kier alpha value is -2.94. The fraction of sp³-hybridized carbons (Fsp3) is 0.421. The van der Waals surface area contributed by atoms with Crippen molar-refractivity contribution < 1.29 is 9.32 Å². The summed E-state index contributed by atoms with van der Waals surface area (Å²) >= 11 is 5.89. The summed E-state index contributed by atoms with van der Waals surface area (Å²) in [5.74, 6) is 2.14. The molecule has 10 heteroatoms. The normalized spacial score (nSPS) is 16.4. The van der Waals surface area contributed by atoms with E-state index in [2.05, 4.69) is 25.7 Å². The van der Waals surface area contributed by atoms with Gasteiger partial charge >= 0.3 is 6.03 Å². The lowest BCUT2D eigenvalue weighted by Crippen LogP contribution is -2.36. The van der Waals surface area contributed by atoms with Gasteiger partial charge in [-0.15, -0.1) is 10.2 Å². The Labute approximate surface area is 173 Å². The number of likely N-dealkylation sites (tertiary alicyclic amines) is 1. The number of nitrogens with zero attached hydrogens (tertiary/aromatic N) is 6. The summed E-state index contributed by atoms with van der Waals surface area (Å²) in [6.45, 7) is 6.69. The summed E-state index contributed by atoms with van der Waals surface area (Å²) in [6, 6.07) is 3.34. The molecule has 29 heavy (non-hydrogen) atoms. The first-order valence-electron chi connectivity index (χ1n) is 9.44. The average molecular weight is 416 g/mol. The number of nitrogens with one attached hydrogen (secondary N) is 1. The highest BCUT2D eigenvalue weighted by Crippen LogP contribution is 2.32. The lowest BCUT2D eigenvalue weighted by atomic mass is 10.2. The first kappa shape index (κ1) is 19.4. The molecular formula is C19H22ClN7O2. The summed E-state index contributed by atoms with van der Waals surface area (Å²) in [5.41, 5.74) is 2.26. The predicted octanol–water partition coefficient (Wildman–Crippen LogP) is 3.66. The van der Waals surface area contributed by atoms with Crippen LogP contribution in [0.4, 0.5) is 10.5 Å². The molecule has 1 atom stereocenters. The summed E-state index contributed by atoms with van der Waals surface area (Å²) in [5, 5.41) is 15.9. The van der Waals surface area contributed by atoms with Gasteiger partial charge in [-0.3, -0.25) is 0 Å². The zero-order valence-electron chi connectivity index (χ0n) is 16.5. The Balaban J connectivity index is 1.57. The number of rotatable bonds is 4. The molecule has 0 aliphatic carbocycles. The Morgan fingerprint density at radius 2 is 2.14 bits per heavy atom. The Kier molecular flexibility index (Phi) is 5.23. The number of aromatic nitrogens is 5. The number of urea groups is 1. The van der Waals surface area contributed by atoms with Crippen molar-refractivity contribution in [2.24, 2.45) is 0 Å². The number of hydrogen-bond donors (Lipinski definition) is 1. The molecule has 3 aromatic rings. The maximum Gasteiger partial charge on any atom is 0.322 e. The fourth-order valence-electron chi connectivity index (χ4n) is 3.64. The monoisotopic (exact) mass is 415 g/mol. The van der Waals surface area contributed by atoms with Gasteiger partial charge in [-0.25, -0.2) is 9.78 Å². The van der Waals surface area contributed by atoms with Crippen molar-refractivity contribution in [1.29, 1.82) is 0 Å². The van der Waals surface area contributed by atoms with Gasteiger partial charge in [-0.05, 0) is 45.2 Å². The molecule has 4 rings (SSSR count). The molecule has 3 aromatic heterocycles. The SMILES string of the molecule is Cc1noc(C)c1NC(=O)N1CCC[C@@H]1c1nnc(C)n1Cc1ccc(Cl)nc1. The Bertz CT molecular complexity index is 1010. The second kappa shape index (κ2) is 7.82. The molecule has 152 valence electrons. The third-order valence-electron chi connectivity index (χ3n) is 5.17. The van der Waals surface area contributed by atoms with Crippen LogP contribution in [0.1, 0.15) is 47.5 Å². The number of carbonyl (C=O) groups is 1. The first-order valence-corrected chi connectivity index (χ1v) is 9.82. The molecular weight excluding hydrogens is 394 g/mol. The van der Waals surface area contributed by atoms with Gasteiger partial charge in [0, 0.05) is 12.7 Å². The molecule has 0 saturated carbocycles. The highest BCUT2D eigenvalue weighted by molar-refractivity contribution is 6.29. The van der Waals surface area contributed by atoms with Gasteiger partial charge in [-0.1, -0.05) is 22.8 Å². The van der Waals surface area contributed by atoms with Gasteiger partial charge in [0.1, 0.15) is 22.4 Å². The summed E-state index contributed by atoms with van der Waals surface area (Å²) in [6.07, 6.45) is 3.46. The van der Waals surface area contributed by atoms with Crippen LogP contribution in [0.15, 0.2) is 22.9 Å². The second-order valence-electron chi connectivity index (χ2n) is 7.16. The van der Waals surface area contributed by atoms with Crippen molar-refractivity contribution in [2.45, 2.75) is 46.2 Å². The Morgan fingerprint density at radius 1 is 1.31 bits per heavy atom. The van der Waals surface area contributed by atoms with E-state index in [1.54, 1.807) is 31.0 Å². The molecule has 2 amide bonds. The summed E-state index contributed by atoms with van der Waals surface area (Å²) < 4.78 is 7.17. The lowest BCUT2D eigenvalue weighted by Gasteiger charge is -2.25. The van der Waals surface area contributed by atoms with Gasteiger partial charge in [0.25, 0.3) is 0 Å². The number of pyridine rings is 1. The van der Waals surface area contributed by atoms with E-state index in [-0.39, 0.29) is 12.1 Å². The molecule has 4 heterocycles. The van der Waals surface area contributed by atoms with Crippen molar-refractivity contribution in [1.82, 2.24) is 29.8 Å². The van der Waals surface area contributed by atoms with Crippen molar-refractivity contribution in [3.05, 3.63) is 52.1 Å². The van der Waals surface area contributed by atoms with Gasteiger partial charge in [0.05, 0.1) is 12.6 Å². The predicted molar refractivity (Wildman–Crippen MR) is 107 cm³/mol. The second-order valence-corrected chi connectivity index (χ2v) is 7.55. The Morgan fingerprint density at radius 3 is 2.83 bits per heavy atom. The average Bonchev–Trinajstić information content (AvgIpc) is 3.40. The van der Waals surface area contributed by atoms with E-state index < -0.39 is 0 Å². The largest absolute Gasteiger partial charge is 0.359 e. The van der Waals surface area contributed by atoms with Gasteiger partial charge in [0.2, 0.25) is 0 Å². The molecule has 1 fully saturated rings. The van der Waals surface area contributed by atoms with Crippen molar-refractivity contribution in [3.8, 4) is 0 Å². The number of halogens is 1. The maximum absolute atomic E-state index is 13.0. The molecule has 1 N–H and O–H groups in total. The minimum atomic E-state index is -0.192. The molecule has 9 nitrogen and oxygen atoms in total. The molecule has 1 aliphatic rings. The van der Waals surface area contributed by atoms with Crippen LogP contribution in [0.25, 0.3) is 0 Å². The third kappa shape index (κ3) is 3.82. The molecule has 0 radical (unpaired) electrons. The van der Waals surface area contributed by atoms with Crippen LogP contribution in [0.3, 0.4) is 0 Å². The number of carbonyl (C=O) groups excluding carboxylic acids is 1. The van der Waals surface area contributed by atoms with E-state index in [9.17, 15) is 4.79 Å². The molecule has 0 spiro atoms. The summed E-state index contributed by atoms with van der Waals surface area (Å²) in [7, 11) is 0. The van der Waals surface area contributed by atoms with Crippen LogP contribution in [-0.2, 0) is 6.54 Å². The van der Waals surface area contributed by atoms with Crippen LogP contribution in [0.2, 0.25) is 5.15 Å². The van der Waals surface area contributed by atoms with Crippen molar-refractivity contribution in [3.63, 3.8) is 0 Å². The number of aryl methyl sites for hydroxylation is 3. The lowest BCUT2D eigenvalue weighted by molar-refractivity contribution is 0.203. The van der Waals surface area contributed by atoms with Crippen molar-refractivity contribution >= 4 is 23.3 Å². The minimum absolute atomic E-state index is 0.156. The molecule has 1 aliphatic heterocycles. The van der Waals surface area contributed by atoms with Gasteiger partial charge in [0.15, 0.2) is 11.6 Å². The molecule has 0 bridgehead atoms. The maximum atomic E-state index is 13.0. The van der Waals surface area contributed by atoms with Crippen LogP contribution in [-0.4, -0.2) is 42.4 Å². The van der Waals surface area contributed by atoms with E-state index in [4.69, 9.17) is 16.1 Å². The molecule has 0 aromatic carbocycles. The quantitative estimate of drug-likeness (QED) is 0.652. The van der Waals surface area contributed by atoms with E-state index in [1.165, 1.54) is 0 Å². The smallest absolute Gasteiger partial charge is 0.322 e. The number of hydrogen-bond acceptors (Lipinski definition) is 6. The van der Waals surface area contributed by atoms with Crippen LogP contribution in [0, 0.1) is 20.8 Å². The van der Waals surface area contributed by atoms with Crippen molar-refractivity contribution in [2.75, 3.05) is 11.9 Å². The number of anilines is 1. The fourth-order valence-corrected chi connectivity index (χ4v) is 3.75. The highest BCUT2D eigenvalue weighted by atomic mass is 35.5. The zero-order valence-corrected chi connectivity index (χ0v) is 17.3. The minimum Gasteiger partial charge on any atom is -0.359 e. The van der Waals surface area contributed by atoms with E-state index in [0.29, 0.717) is 35.4 Å². The van der Waals surface area contributed by atoms with Gasteiger partial charge in [-0.2, -0.15) is 0 Å². The van der Waals surface area contributed by atoms with Crippen LogP contribution >= 0.6 is 11.6 Å². The first-order chi connectivity index (χ1) is 13.9. The third-order valence-corrected chi connectivity index (χ3v) is 5.39. The van der Waals surface area contributed by atoms with Crippen LogP contribution < -0.4 is 5.32 Å². The molecule has 1 saturated heterocycles.